The minimum atomic E-state index is -0.298. The van der Waals surface area contributed by atoms with Crippen LogP contribution in [0.4, 0.5) is 5.69 Å². The number of benzene rings is 2. The molecule has 1 heterocycles. The van der Waals surface area contributed by atoms with Crippen molar-refractivity contribution in [3.63, 3.8) is 0 Å². The van der Waals surface area contributed by atoms with Gasteiger partial charge in [0.1, 0.15) is 0 Å². The highest BCUT2D eigenvalue weighted by molar-refractivity contribution is 6.30. The highest BCUT2D eigenvalue weighted by Gasteiger charge is 2.33. The zero-order valence-electron chi connectivity index (χ0n) is 14.9. The predicted molar refractivity (Wildman–Crippen MR) is 104 cm³/mol. The summed E-state index contributed by atoms with van der Waals surface area (Å²) in [5, 5.41) is 3.62. The molecule has 2 aromatic carbocycles. The van der Waals surface area contributed by atoms with Crippen molar-refractivity contribution in [3.8, 4) is 0 Å². The van der Waals surface area contributed by atoms with E-state index in [1.54, 1.807) is 4.90 Å². The van der Waals surface area contributed by atoms with Crippen molar-refractivity contribution < 1.29 is 9.59 Å². The number of aryl methyl sites for hydroxylation is 1. The fourth-order valence-corrected chi connectivity index (χ4v) is 3.40. The van der Waals surface area contributed by atoms with Crippen LogP contribution >= 0.6 is 11.6 Å². The van der Waals surface area contributed by atoms with Gasteiger partial charge in [0.05, 0.1) is 5.92 Å². The molecule has 0 aromatic heterocycles. The van der Waals surface area contributed by atoms with E-state index in [2.05, 4.69) is 12.2 Å². The molecule has 26 heavy (non-hydrogen) atoms. The average molecular weight is 371 g/mol. The molecule has 1 saturated heterocycles. The molecule has 1 aliphatic rings. The Labute approximate surface area is 159 Å². The van der Waals surface area contributed by atoms with Crippen molar-refractivity contribution in [3.05, 3.63) is 64.7 Å². The molecule has 0 aliphatic carbocycles. The normalized spacial score (nSPS) is 16.8. The molecule has 1 unspecified atom stereocenters. The number of halogens is 1. The standard InChI is InChI=1S/C21H23ClN2O2/c1-2-15-6-8-19(9-7-15)23-21(26)17-13-20(25)24(14-17)11-10-16-4-3-5-18(22)12-16/h3-9,12,17H,2,10-11,13-14H2,1H3,(H,23,26). The van der Waals surface area contributed by atoms with Gasteiger partial charge in [0.15, 0.2) is 0 Å². The maximum absolute atomic E-state index is 12.5. The van der Waals surface area contributed by atoms with Crippen LogP contribution in [0.5, 0.6) is 0 Å². The smallest absolute Gasteiger partial charge is 0.229 e. The van der Waals surface area contributed by atoms with Crippen LogP contribution in [0.25, 0.3) is 0 Å². The predicted octanol–water partition coefficient (Wildman–Crippen LogP) is 3.93. The third-order valence-electron chi connectivity index (χ3n) is 4.77. The number of carbonyl (C=O) groups excluding carboxylic acids is 2. The number of likely N-dealkylation sites (tertiary alicyclic amines) is 1. The van der Waals surface area contributed by atoms with Crippen LogP contribution in [0.3, 0.4) is 0 Å². The molecule has 4 nitrogen and oxygen atoms in total. The van der Waals surface area contributed by atoms with Crippen LogP contribution in [0.15, 0.2) is 48.5 Å². The summed E-state index contributed by atoms with van der Waals surface area (Å²) in [6.45, 7) is 3.17. The lowest BCUT2D eigenvalue weighted by Gasteiger charge is -2.16. The molecule has 0 spiro atoms. The summed E-state index contributed by atoms with van der Waals surface area (Å²) in [6.07, 6.45) is 1.97. The first kappa shape index (κ1) is 18.5. The quantitative estimate of drug-likeness (QED) is 0.837. The van der Waals surface area contributed by atoms with Crippen LogP contribution in [0.2, 0.25) is 5.02 Å². The summed E-state index contributed by atoms with van der Waals surface area (Å²) < 4.78 is 0. The molecule has 0 bridgehead atoms. The van der Waals surface area contributed by atoms with Crippen LogP contribution in [-0.2, 0) is 22.4 Å². The Hall–Kier alpha value is -2.33. The molecule has 1 N–H and O–H groups in total. The first-order valence-electron chi connectivity index (χ1n) is 8.97. The number of amides is 2. The Balaban J connectivity index is 1.53. The van der Waals surface area contributed by atoms with Gasteiger partial charge in [0, 0.05) is 30.2 Å². The van der Waals surface area contributed by atoms with E-state index in [9.17, 15) is 9.59 Å². The third-order valence-corrected chi connectivity index (χ3v) is 5.01. The molecule has 0 saturated carbocycles. The molecule has 0 radical (unpaired) electrons. The summed E-state index contributed by atoms with van der Waals surface area (Å²) in [4.78, 5) is 26.5. The van der Waals surface area contributed by atoms with Gasteiger partial charge in [-0.05, 0) is 48.2 Å². The van der Waals surface area contributed by atoms with Crippen LogP contribution in [0, 0.1) is 5.92 Å². The van der Waals surface area contributed by atoms with Crippen LogP contribution in [-0.4, -0.2) is 29.8 Å². The van der Waals surface area contributed by atoms with E-state index in [1.807, 2.05) is 48.5 Å². The van der Waals surface area contributed by atoms with Gasteiger partial charge in [-0.1, -0.05) is 42.8 Å². The number of anilines is 1. The van der Waals surface area contributed by atoms with Gasteiger partial charge in [-0.15, -0.1) is 0 Å². The fraction of sp³-hybridized carbons (Fsp3) is 0.333. The Bertz CT molecular complexity index is 789. The molecule has 1 atom stereocenters. The average Bonchev–Trinajstić information content (AvgIpc) is 3.02. The summed E-state index contributed by atoms with van der Waals surface area (Å²) >= 11 is 6.00. The molecule has 1 aliphatic heterocycles. The number of nitrogens with zero attached hydrogens (tertiary/aromatic N) is 1. The molecule has 2 aromatic rings. The van der Waals surface area contributed by atoms with E-state index >= 15 is 0 Å². The second-order valence-corrected chi connectivity index (χ2v) is 7.10. The van der Waals surface area contributed by atoms with Crippen LogP contribution < -0.4 is 5.32 Å². The van der Waals surface area contributed by atoms with Gasteiger partial charge >= 0.3 is 0 Å². The molecule has 2 amide bonds. The number of nitrogens with one attached hydrogen (secondary N) is 1. The summed E-state index contributed by atoms with van der Waals surface area (Å²) in [7, 11) is 0. The summed E-state index contributed by atoms with van der Waals surface area (Å²) in [5.41, 5.74) is 3.09. The lowest BCUT2D eigenvalue weighted by Crippen LogP contribution is -2.30. The Kier molecular flexibility index (Phi) is 5.94. The lowest BCUT2D eigenvalue weighted by molar-refractivity contribution is -0.128. The topological polar surface area (TPSA) is 49.4 Å². The first-order valence-corrected chi connectivity index (χ1v) is 9.35. The first-order chi connectivity index (χ1) is 12.5. The Morgan fingerprint density at radius 2 is 1.96 bits per heavy atom. The second-order valence-electron chi connectivity index (χ2n) is 6.66. The minimum Gasteiger partial charge on any atom is -0.342 e. The second kappa shape index (κ2) is 8.37. The minimum absolute atomic E-state index is 0.0357. The summed E-state index contributed by atoms with van der Waals surface area (Å²) in [5.74, 6) is -0.353. The van der Waals surface area contributed by atoms with E-state index in [0.29, 0.717) is 18.1 Å². The van der Waals surface area contributed by atoms with Gasteiger partial charge in [0.2, 0.25) is 11.8 Å². The maximum Gasteiger partial charge on any atom is 0.229 e. The third kappa shape index (κ3) is 4.64. The molecule has 136 valence electrons. The van der Waals surface area contributed by atoms with Crippen molar-refractivity contribution in [2.24, 2.45) is 5.92 Å². The van der Waals surface area contributed by atoms with Gasteiger partial charge < -0.3 is 10.2 Å². The van der Waals surface area contributed by atoms with Crippen LogP contribution in [0.1, 0.15) is 24.5 Å². The van der Waals surface area contributed by atoms with Gasteiger partial charge in [0.25, 0.3) is 0 Å². The zero-order valence-corrected chi connectivity index (χ0v) is 15.6. The van der Waals surface area contributed by atoms with Gasteiger partial charge in [-0.25, -0.2) is 0 Å². The van der Waals surface area contributed by atoms with E-state index in [1.165, 1.54) is 5.56 Å². The van der Waals surface area contributed by atoms with E-state index in [4.69, 9.17) is 11.6 Å². The molecule has 3 rings (SSSR count). The highest BCUT2D eigenvalue weighted by atomic mass is 35.5. The zero-order chi connectivity index (χ0) is 18.5. The molecular formula is C21H23ClN2O2. The van der Waals surface area contributed by atoms with E-state index in [0.717, 1.165) is 24.1 Å². The molecule has 5 heteroatoms. The maximum atomic E-state index is 12.5. The highest BCUT2D eigenvalue weighted by Crippen LogP contribution is 2.21. The van der Waals surface area contributed by atoms with Crippen molar-refractivity contribution >= 4 is 29.1 Å². The number of carbonyl (C=O) groups is 2. The monoisotopic (exact) mass is 370 g/mol. The summed E-state index contributed by atoms with van der Waals surface area (Å²) in [6, 6.07) is 15.5. The van der Waals surface area contributed by atoms with Crippen molar-refractivity contribution in [2.75, 3.05) is 18.4 Å². The Morgan fingerprint density at radius 1 is 1.19 bits per heavy atom. The van der Waals surface area contributed by atoms with E-state index < -0.39 is 0 Å². The van der Waals surface area contributed by atoms with Gasteiger partial charge in [-0.3, -0.25) is 9.59 Å². The lowest BCUT2D eigenvalue weighted by atomic mass is 10.1. The number of hydrogen-bond donors (Lipinski definition) is 1. The molecule has 1 fully saturated rings. The SMILES string of the molecule is CCc1ccc(NC(=O)C2CC(=O)N(CCc3cccc(Cl)c3)C2)cc1. The van der Waals surface area contributed by atoms with Crippen molar-refractivity contribution in [1.29, 1.82) is 0 Å². The van der Waals surface area contributed by atoms with Gasteiger partial charge in [-0.2, -0.15) is 0 Å². The Morgan fingerprint density at radius 3 is 2.65 bits per heavy atom. The fourth-order valence-electron chi connectivity index (χ4n) is 3.19. The number of hydrogen-bond acceptors (Lipinski definition) is 2. The largest absolute Gasteiger partial charge is 0.342 e. The number of rotatable bonds is 6. The van der Waals surface area contributed by atoms with Crippen molar-refractivity contribution in [2.45, 2.75) is 26.2 Å². The van der Waals surface area contributed by atoms with Crippen molar-refractivity contribution in [1.82, 2.24) is 4.90 Å². The van der Waals surface area contributed by atoms with E-state index in [-0.39, 0.29) is 24.2 Å². The molecular weight excluding hydrogens is 348 g/mol.